The average Bonchev–Trinajstić information content (AvgIpc) is 2.90. The predicted octanol–water partition coefficient (Wildman–Crippen LogP) is 3.73. The number of anilines is 1. The summed E-state index contributed by atoms with van der Waals surface area (Å²) in [5.74, 6) is 0.443. The van der Waals surface area contributed by atoms with Gasteiger partial charge in [-0.2, -0.15) is 11.3 Å². The maximum absolute atomic E-state index is 12.1. The molecule has 106 valence electrons. The lowest BCUT2D eigenvalue weighted by molar-refractivity contribution is -0.127. The molecule has 0 atom stereocenters. The maximum Gasteiger partial charge on any atom is 0.232 e. The van der Waals surface area contributed by atoms with E-state index in [4.69, 9.17) is 17.3 Å². The summed E-state index contributed by atoms with van der Waals surface area (Å²) in [6.45, 7) is 0.637. The largest absolute Gasteiger partial charge is 0.399 e. The van der Waals surface area contributed by atoms with Gasteiger partial charge in [-0.15, -0.1) is 11.8 Å². The van der Waals surface area contributed by atoms with Crippen LogP contribution in [-0.2, 0) is 11.3 Å². The van der Waals surface area contributed by atoms with Crippen molar-refractivity contribution in [2.24, 2.45) is 0 Å². The van der Waals surface area contributed by atoms with E-state index in [1.807, 2.05) is 29.9 Å². The fourth-order valence-electron chi connectivity index (χ4n) is 1.63. The Kier molecular flexibility index (Phi) is 5.34. The molecule has 0 radical (unpaired) electrons. The second kappa shape index (κ2) is 7.02. The van der Waals surface area contributed by atoms with Crippen LogP contribution in [0, 0.1) is 0 Å². The maximum atomic E-state index is 12.1. The number of hydrogen-bond acceptors (Lipinski definition) is 4. The van der Waals surface area contributed by atoms with Crippen LogP contribution < -0.4 is 5.73 Å². The fraction of sp³-hybridized carbons (Fsp3) is 0.214. The molecule has 2 aromatic rings. The van der Waals surface area contributed by atoms with E-state index in [1.165, 1.54) is 11.8 Å². The Balaban J connectivity index is 1.88. The quantitative estimate of drug-likeness (QED) is 0.672. The molecular weight excluding hydrogens is 312 g/mol. The van der Waals surface area contributed by atoms with Gasteiger partial charge < -0.3 is 10.6 Å². The number of rotatable bonds is 5. The van der Waals surface area contributed by atoms with Crippen LogP contribution in [0.2, 0.25) is 5.02 Å². The Bertz CT molecular complexity index is 587. The second-order valence-corrected chi connectivity index (χ2v) is 6.56. The molecule has 2 rings (SSSR count). The number of hydrogen-bond donors (Lipinski definition) is 1. The number of amides is 1. The molecule has 0 unspecified atom stereocenters. The SMILES string of the molecule is CN(Cc1ccsc1)C(=O)CSc1ccc(N)cc1Cl. The van der Waals surface area contributed by atoms with Gasteiger partial charge in [-0.25, -0.2) is 0 Å². The molecular formula is C14H15ClN2OS2. The summed E-state index contributed by atoms with van der Waals surface area (Å²) in [6, 6.07) is 7.35. The predicted molar refractivity (Wildman–Crippen MR) is 87.4 cm³/mol. The van der Waals surface area contributed by atoms with Crippen molar-refractivity contribution < 1.29 is 4.79 Å². The van der Waals surface area contributed by atoms with E-state index >= 15 is 0 Å². The van der Waals surface area contributed by atoms with Crippen molar-refractivity contribution in [2.75, 3.05) is 18.5 Å². The lowest BCUT2D eigenvalue weighted by atomic mass is 10.3. The number of benzene rings is 1. The van der Waals surface area contributed by atoms with Crippen molar-refractivity contribution in [3.8, 4) is 0 Å². The number of thioether (sulfide) groups is 1. The zero-order valence-corrected chi connectivity index (χ0v) is 13.4. The fourth-order valence-corrected chi connectivity index (χ4v) is 3.50. The van der Waals surface area contributed by atoms with Gasteiger partial charge in [-0.1, -0.05) is 11.6 Å². The van der Waals surface area contributed by atoms with Crippen molar-refractivity contribution in [1.82, 2.24) is 4.90 Å². The highest BCUT2D eigenvalue weighted by Gasteiger charge is 2.11. The Hall–Kier alpha value is -1.17. The van der Waals surface area contributed by atoms with Gasteiger partial charge in [0.05, 0.1) is 10.8 Å². The van der Waals surface area contributed by atoms with E-state index in [1.54, 1.807) is 28.4 Å². The van der Waals surface area contributed by atoms with Gasteiger partial charge in [0.25, 0.3) is 0 Å². The highest BCUT2D eigenvalue weighted by atomic mass is 35.5. The summed E-state index contributed by atoms with van der Waals surface area (Å²) in [5.41, 5.74) is 7.42. The molecule has 1 aromatic heterocycles. The number of nitrogens with two attached hydrogens (primary N) is 1. The van der Waals surface area contributed by atoms with Gasteiger partial charge in [0.15, 0.2) is 0 Å². The van der Waals surface area contributed by atoms with E-state index in [9.17, 15) is 4.79 Å². The Labute approximate surface area is 131 Å². The van der Waals surface area contributed by atoms with Gasteiger partial charge in [0, 0.05) is 24.2 Å². The minimum absolute atomic E-state index is 0.0779. The molecule has 6 heteroatoms. The van der Waals surface area contributed by atoms with Crippen LogP contribution in [-0.4, -0.2) is 23.6 Å². The molecule has 0 aliphatic rings. The lowest BCUT2D eigenvalue weighted by Gasteiger charge is -2.16. The molecule has 0 fully saturated rings. The molecule has 0 bridgehead atoms. The summed E-state index contributed by atoms with van der Waals surface area (Å²) < 4.78 is 0. The lowest BCUT2D eigenvalue weighted by Crippen LogP contribution is -2.27. The normalized spacial score (nSPS) is 10.5. The molecule has 0 saturated heterocycles. The molecule has 20 heavy (non-hydrogen) atoms. The zero-order valence-electron chi connectivity index (χ0n) is 11.0. The standard InChI is InChI=1S/C14H15ClN2OS2/c1-17(7-10-4-5-19-8-10)14(18)9-20-13-3-2-11(16)6-12(13)15/h2-6,8H,7,9,16H2,1H3. The number of nitrogens with zero attached hydrogens (tertiary/aromatic N) is 1. The third-order valence-electron chi connectivity index (χ3n) is 2.73. The summed E-state index contributed by atoms with van der Waals surface area (Å²) in [4.78, 5) is 14.7. The van der Waals surface area contributed by atoms with Crippen molar-refractivity contribution >= 4 is 46.3 Å². The summed E-state index contributed by atoms with van der Waals surface area (Å²) in [7, 11) is 1.81. The van der Waals surface area contributed by atoms with Gasteiger partial charge >= 0.3 is 0 Å². The van der Waals surface area contributed by atoms with E-state index in [0.29, 0.717) is 23.0 Å². The van der Waals surface area contributed by atoms with Gasteiger partial charge in [0.1, 0.15) is 0 Å². The third kappa shape index (κ3) is 4.16. The molecule has 3 nitrogen and oxygen atoms in total. The minimum Gasteiger partial charge on any atom is -0.399 e. The number of halogens is 1. The van der Waals surface area contributed by atoms with Crippen LogP contribution in [0.5, 0.6) is 0 Å². The highest BCUT2D eigenvalue weighted by molar-refractivity contribution is 8.00. The topological polar surface area (TPSA) is 46.3 Å². The first-order valence-corrected chi connectivity index (χ1v) is 8.30. The van der Waals surface area contributed by atoms with Gasteiger partial charge in [-0.3, -0.25) is 4.79 Å². The molecule has 1 amide bonds. The number of carbonyl (C=O) groups excluding carboxylic acids is 1. The summed E-state index contributed by atoms with van der Waals surface area (Å²) in [5, 5.41) is 4.65. The zero-order chi connectivity index (χ0) is 14.5. The van der Waals surface area contributed by atoms with Crippen molar-refractivity contribution in [3.05, 3.63) is 45.6 Å². The van der Waals surface area contributed by atoms with E-state index < -0.39 is 0 Å². The van der Waals surface area contributed by atoms with Crippen LogP contribution in [0.3, 0.4) is 0 Å². The first-order chi connectivity index (χ1) is 9.56. The summed E-state index contributed by atoms with van der Waals surface area (Å²) in [6.07, 6.45) is 0. The van der Waals surface area contributed by atoms with Crippen LogP contribution >= 0.6 is 34.7 Å². The first kappa shape index (κ1) is 15.2. The monoisotopic (exact) mass is 326 g/mol. The smallest absolute Gasteiger partial charge is 0.232 e. The van der Waals surface area contributed by atoms with Crippen LogP contribution in [0.4, 0.5) is 5.69 Å². The second-order valence-electron chi connectivity index (χ2n) is 4.36. The van der Waals surface area contributed by atoms with E-state index in [-0.39, 0.29) is 5.91 Å². The van der Waals surface area contributed by atoms with Gasteiger partial charge in [0.2, 0.25) is 5.91 Å². The first-order valence-electron chi connectivity index (χ1n) is 5.99. The molecule has 0 aliphatic heterocycles. The van der Waals surface area contributed by atoms with Crippen LogP contribution in [0.15, 0.2) is 39.9 Å². The highest BCUT2D eigenvalue weighted by Crippen LogP contribution is 2.29. The number of carbonyl (C=O) groups is 1. The average molecular weight is 327 g/mol. The Morgan fingerprint density at radius 3 is 2.90 bits per heavy atom. The van der Waals surface area contributed by atoms with Crippen LogP contribution in [0.25, 0.3) is 0 Å². The van der Waals surface area contributed by atoms with Crippen molar-refractivity contribution in [2.45, 2.75) is 11.4 Å². The molecule has 0 spiro atoms. The number of thiophene rings is 1. The summed E-state index contributed by atoms with van der Waals surface area (Å²) >= 11 is 9.15. The van der Waals surface area contributed by atoms with Gasteiger partial charge in [-0.05, 0) is 40.6 Å². The van der Waals surface area contributed by atoms with Crippen molar-refractivity contribution in [1.29, 1.82) is 0 Å². The minimum atomic E-state index is 0.0779. The van der Waals surface area contributed by atoms with E-state index in [0.717, 1.165) is 10.5 Å². The molecule has 0 aliphatic carbocycles. The molecule has 1 aromatic carbocycles. The van der Waals surface area contributed by atoms with Crippen molar-refractivity contribution in [3.63, 3.8) is 0 Å². The molecule has 1 heterocycles. The Morgan fingerprint density at radius 1 is 1.45 bits per heavy atom. The van der Waals surface area contributed by atoms with Crippen LogP contribution in [0.1, 0.15) is 5.56 Å². The molecule has 2 N–H and O–H groups in total. The Morgan fingerprint density at radius 2 is 2.25 bits per heavy atom. The number of nitrogen functional groups attached to an aromatic ring is 1. The van der Waals surface area contributed by atoms with E-state index in [2.05, 4.69) is 0 Å². The third-order valence-corrected chi connectivity index (χ3v) is 4.95. The molecule has 0 saturated carbocycles.